The second-order valence-corrected chi connectivity index (χ2v) is 7.78. The molecule has 0 aliphatic carbocycles. The fraction of sp³-hybridized carbons (Fsp3) is 0.391. The van der Waals surface area contributed by atoms with Gasteiger partial charge in [-0.1, -0.05) is 31.2 Å². The average Bonchev–Trinajstić information content (AvgIpc) is 2.78. The number of carbonyl (C=O) groups is 2. The molecule has 1 heterocycles. The van der Waals surface area contributed by atoms with Crippen LogP contribution in [0.5, 0.6) is 0 Å². The predicted molar refractivity (Wildman–Crippen MR) is 119 cm³/mol. The molecule has 8 heteroatoms. The Labute approximate surface area is 182 Å². The van der Waals surface area contributed by atoms with Crippen molar-refractivity contribution >= 4 is 23.2 Å². The van der Waals surface area contributed by atoms with Crippen molar-refractivity contribution in [1.82, 2.24) is 9.80 Å². The molecule has 0 radical (unpaired) electrons. The minimum Gasteiger partial charge on any atom is -0.362 e. The van der Waals surface area contributed by atoms with Crippen LogP contribution in [0.15, 0.2) is 42.5 Å². The highest BCUT2D eigenvalue weighted by molar-refractivity contribution is 5.95. The molecule has 0 spiro atoms. The van der Waals surface area contributed by atoms with E-state index in [-0.39, 0.29) is 23.1 Å². The summed E-state index contributed by atoms with van der Waals surface area (Å²) in [5.74, 6) is -0.266. The number of nitro benzene ring substituents is 1. The van der Waals surface area contributed by atoms with Gasteiger partial charge >= 0.3 is 0 Å². The smallest absolute Gasteiger partial charge is 0.293 e. The lowest BCUT2D eigenvalue weighted by atomic mass is 10.1. The van der Waals surface area contributed by atoms with Crippen LogP contribution in [-0.4, -0.2) is 59.8 Å². The van der Waals surface area contributed by atoms with Crippen molar-refractivity contribution in [3.63, 3.8) is 0 Å². The van der Waals surface area contributed by atoms with Crippen molar-refractivity contribution in [1.29, 1.82) is 0 Å². The summed E-state index contributed by atoms with van der Waals surface area (Å²) in [5.41, 5.74) is 2.89. The molecule has 1 aliphatic rings. The maximum atomic E-state index is 12.9. The van der Waals surface area contributed by atoms with Crippen molar-refractivity contribution in [3.8, 4) is 0 Å². The van der Waals surface area contributed by atoms with Gasteiger partial charge in [-0.15, -0.1) is 0 Å². The van der Waals surface area contributed by atoms with Gasteiger partial charge in [0.05, 0.1) is 4.92 Å². The Balaban J connectivity index is 1.75. The number of hydrogen-bond acceptors (Lipinski definition) is 5. The predicted octanol–water partition coefficient (Wildman–Crippen LogP) is 3.10. The SMILES string of the molecule is CCc1ccc(CN(C)C(=O)c2ccc(N3CCN(C(C)=O)CC3)c([N+](=O)[O-])c2)cc1. The molecule has 164 valence electrons. The van der Waals surface area contributed by atoms with E-state index >= 15 is 0 Å². The minimum atomic E-state index is -0.451. The van der Waals surface area contributed by atoms with E-state index in [1.54, 1.807) is 29.0 Å². The summed E-state index contributed by atoms with van der Waals surface area (Å²) < 4.78 is 0. The number of piperazine rings is 1. The van der Waals surface area contributed by atoms with Crippen LogP contribution in [0.25, 0.3) is 0 Å². The van der Waals surface area contributed by atoms with Gasteiger partial charge in [0, 0.05) is 58.3 Å². The summed E-state index contributed by atoms with van der Waals surface area (Å²) >= 11 is 0. The molecule has 0 bridgehead atoms. The normalized spacial score (nSPS) is 13.8. The average molecular weight is 425 g/mol. The van der Waals surface area contributed by atoms with E-state index in [1.807, 2.05) is 29.2 Å². The molecule has 0 saturated carbocycles. The van der Waals surface area contributed by atoms with Gasteiger partial charge in [0.1, 0.15) is 5.69 Å². The van der Waals surface area contributed by atoms with Crippen LogP contribution in [0.3, 0.4) is 0 Å². The van der Waals surface area contributed by atoms with Crippen LogP contribution in [0.2, 0.25) is 0 Å². The summed E-state index contributed by atoms with van der Waals surface area (Å²) in [5, 5.41) is 11.7. The highest BCUT2D eigenvalue weighted by atomic mass is 16.6. The summed E-state index contributed by atoms with van der Waals surface area (Å²) in [6, 6.07) is 12.7. The second kappa shape index (κ2) is 9.59. The second-order valence-electron chi connectivity index (χ2n) is 7.78. The van der Waals surface area contributed by atoms with Gasteiger partial charge in [-0.3, -0.25) is 19.7 Å². The Morgan fingerprint density at radius 3 is 2.19 bits per heavy atom. The molecule has 1 fully saturated rings. The number of carbonyl (C=O) groups excluding carboxylic acids is 2. The van der Waals surface area contributed by atoms with Crippen molar-refractivity contribution < 1.29 is 14.5 Å². The Kier molecular flexibility index (Phi) is 6.89. The molecule has 0 N–H and O–H groups in total. The fourth-order valence-corrected chi connectivity index (χ4v) is 3.78. The first-order valence-electron chi connectivity index (χ1n) is 10.4. The first kappa shape index (κ1) is 22.3. The summed E-state index contributed by atoms with van der Waals surface area (Å²) in [7, 11) is 1.69. The molecule has 0 aromatic heterocycles. The van der Waals surface area contributed by atoms with E-state index in [0.29, 0.717) is 38.4 Å². The van der Waals surface area contributed by atoms with Gasteiger partial charge in [0.2, 0.25) is 5.91 Å². The van der Waals surface area contributed by atoms with Crippen molar-refractivity contribution in [2.24, 2.45) is 0 Å². The molecule has 3 rings (SSSR count). The lowest BCUT2D eigenvalue weighted by Gasteiger charge is -2.35. The van der Waals surface area contributed by atoms with E-state index in [2.05, 4.69) is 6.92 Å². The monoisotopic (exact) mass is 424 g/mol. The highest BCUT2D eigenvalue weighted by Gasteiger charge is 2.26. The third kappa shape index (κ3) is 5.20. The molecule has 2 aromatic carbocycles. The number of anilines is 1. The number of hydrogen-bond donors (Lipinski definition) is 0. The quantitative estimate of drug-likeness (QED) is 0.525. The van der Waals surface area contributed by atoms with Crippen LogP contribution >= 0.6 is 0 Å². The molecule has 8 nitrogen and oxygen atoms in total. The lowest BCUT2D eigenvalue weighted by Crippen LogP contribution is -2.48. The maximum absolute atomic E-state index is 12.9. The number of rotatable bonds is 6. The molecule has 0 unspecified atom stereocenters. The standard InChI is InChI=1S/C23H28N4O4/c1-4-18-5-7-19(8-6-18)16-24(3)23(29)20-9-10-21(22(15-20)27(30)31)26-13-11-25(12-14-26)17(2)28/h5-10,15H,4,11-14,16H2,1-3H3. The number of benzene rings is 2. The van der Waals surface area contributed by atoms with Crippen LogP contribution in [0.1, 0.15) is 35.3 Å². The van der Waals surface area contributed by atoms with E-state index in [1.165, 1.54) is 18.6 Å². The van der Waals surface area contributed by atoms with Crippen LogP contribution in [0.4, 0.5) is 11.4 Å². The highest BCUT2D eigenvalue weighted by Crippen LogP contribution is 2.30. The topological polar surface area (TPSA) is 87.0 Å². The van der Waals surface area contributed by atoms with Gasteiger partial charge in [0.25, 0.3) is 11.6 Å². The molecule has 31 heavy (non-hydrogen) atoms. The first-order valence-corrected chi connectivity index (χ1v) is 10.4. The Morgan fingerprint density at radius 1 is 1.03 bits per heavy atom. The summed E-state index contributed by atoms with van der Waals surface area (Å²) in [6.07, 6.45) is 0.953. The van der Waals surface area contributed by atoms with E-state index < -0.39 is 4.92 Å². The largest absolute Gasteiger partial charge is 0.362 e. The Morgan fingerprint density at radius 2 is 1.65 bits per heavy atom. The number of nitrogens with zero attached hydrogens (tertiary/aromatic N) is 4. The molecular weight excluding hydrogens is 396 g/mol. The van der Waals surface area contributed by atoms with Crippen molar-refractivity contribution in [3.05, 3.63) is 69.3 Å². The third-order valence-electron chi connectivity index (χ3n) is 5.68. The number of aryl methyl sites for hydroxylation is 1. The minimum absolute atomic E-state index is 0.00228. The first-order chi connectivity index (χ1) is 14.8. The van der Waals surface area contributed by atoms with Crippen LogP contribution in [0, 0.1) is 10.1 Å². The Bertz CT molecular complexity index is 966. The van der Waals surface area contributed by atoms with Crippen molar-refractivity contribution in [2.45, 2.75) is 26.8 Å². The van der Waals surface area contributed by atoms with Gasteiger partial charge in [-0.25, -0.2) is 0 Å². The fourth-order valence-electron chi connectivity index (χ4n) is 3.78. The third-order valence-corrected chi connectivity index (χ3v) is 5.68. The zero-order valence-electron chi connectivity index (χ0n) is 18.2. The molecule has 2 aromatic rings. The van der Waals surface area contributed by atoms with Gasteiger partial charge < -0.3 is 14.7 Å². The maximum Gasteiger partial charge on any atom is 0.293 e. The lowest BCUT2D eigenvalue weighted by molar-refractivity contribution is -0.384. The summed E-state index contributed by atoms with van der Waals surface area (Å²) in [4.78, 5) is 40.9. The Hall–Kier alpha value is -3.42. The summed E-state index contributed by atoms with van der Waals surface area (Å²) in [6.45, 7) is 6.10. The number of nitro groups is 1. The molecule has 2 amide bonds. The molecule has 1 saturated heterocycles. The zero-order valence-corrected chi connectivity index (χ0v) is 18.2. The molecule has 1 aliphatic heterocycles. The van der Waals surface area contributed by atoms with Crippen LogP contribution < -0.4 is 4.90 Å². The van der Waals surface area contributed by atoms with E-state index in [4.69, 9.17) is 0 Å². The number of amides is 2. The molecule has 0 atom stereocenters. The zero-order chi connectivity index (χ0) is 22.5. The van der Waals surface area contributed by atoms with E-state index in [0.717, 1.165) is 12.0 Å². The van der Waals surface area contributed by atoms with Gasteiger partial charge in [-0.05, 0) is 29.7 Å². The van der Waals surface area contributed by atoms with E-state index in [9.17, 15) is 19.7 Å². The van der Waals surface area contributed by atoms with Crippen molar-refractivity contribution in [2.75, 3.05) is 38.1 Å². The molecular formula is C23H28N4O4. The van der Waals surface area contributed by atoms with Gasteiger partial charge in [-0.2, -0.15) is 0 Å². The van der Waals surface area contributed by atoms with Gasteiger partial charge in [0.15, 0.2) is 0 Å². The van der Waals surface area contributed by atoms with Crippen LogP contribution in [-0.2, 0) is 17.8 Å².